The fourth-order valence-corrected chi connectivity index (χ4v) is 2.07. The molecule has 0 aliphatic rings. The lowest BCUT2D eigenvalue weighted by Crippen LogP contribution is -1.86. The summed E-state index contributed by atoms with van der Waals surface area (Å²) in [4.78, 5) is 10.6. The lowest BCUT2D eigenvalue weighted by atomic mass is 10.1. The molecule has 0 amide bonds. The predicted octanol–water partition coefficient (Wildman–Crippen LogP) is 4.15. The van der Waals surface area contributed by atoms with Gasteiger partial charge in [0.15, 0.2) is 0 Å². The Hall–Kier alpha value is -2.81. The van der Waals surface area contributed by atoms with Crippen molar-refractivity contribution in [3.8, 4) is 17.2 Å². The van der Waals surface area contributed by atoms with Crippen molar-refractivity contribution in [2.24, 2.45) is 0 Å². The number of aromatic hydroxyl groups is 1. The molecule has 0 atom stereocenters. The van der Waals surface area contributed by atoms with Crippen LogP contribution in [0.25, 0.3) is 10.8 Å². The second kappa shape index (κ2) is 5.05. The molecule has 98 valence electrons. The Morgan fingerprint density at radius 1 is 0.900 bits per heavy atom. The maximum absolute atomic E-state index is 10.6. The third-order valence-electron chi connectivity index (χ3n) is 3.07. The summed E-state index contributed by atoms with van der Waals surface area (Å²) >= 11 is 0. The maximum atomic E-state index is 10.6. The van der Waals surface area contributed by atoms with E-state index in [2.05, 4.69) is 0 Å². The highest BCUT2D eigenvalue weighted by Crippen LogP contribution is 2.32. The van der Waals surface area contributed by atoms with Gasteiger partial charge in [-0.3, -0.25) is 4.79 Å². The molecule has 0 saturated heterocycles. The molecule has 3 aromatic rings. The summed E-state index contributed by atoms with van der Waals surface area (Å²) < 4.78 is 5.69. The molecule has 0 aliphatic heterocycles. The van der Waals surface area contributed by atoms with Crippen molar-refractivity contribution in [3.05, 3.63) is 66.2 Å². The van der Waals surface area contributed by atoms with Crippen LogP contribution in [0.3, 0.4) is 0 Å². The SMILES string of the molecule is O=Cc1ccc(Oc2cc(O)c3ccccc3c2)cc1. The van der Waals surface area contributed by atoms with Crippen LogP contribution in [0.5, 0.6) is 17.2 Å². The van der Waals surface area contributed by atoms with Crippen LogP contribution in [-0.2, 0) is 0 Å². The van der Waals surface area contributed by atoms with Crippen LogP contribution in [0.4, 0.5) is 0 Å². The van der Waals surface area contributed by atoms with Crippen LogP contribution < -0.4 is 4.74 Å². The number of phenols is 1. The lowest BCUT2D eigenvalue weighted by Gasteiger charge is -2.08. The van der Waals surface area contributed by atoms with Gasteiger partial charge in [0.2, 0.25) is 0 Å². The van der Waals surface area contributed by atoms with E-state index in [1.54, 1.807) is 30.3 Å². The molecule has 0 fully saturated rings. The Morgan fingerprint density at radius 3 is 2.40 bits per heavy atom. The number of phenolic OH excluding ortho intramolecular Hbond substituents is 1. The van der Waals surface area contributed by atoms with Gasteiger partial charge in [0.1, 0.15) is 23.5 Å². The van der Waals surface area contributed by atoms with E-state index in [1.165, 1.54) is 0 Å². The van der Waals surface area contributed by atoms with Crippen molar-refractivity contribution in [1.82, 2.24) is 0 Å². The quantitative estimate of drug-likeness (QED) is 0.723. The van der Waals surface area contributed by atoms with E-state index in [0.717, 1.165) is 17.1 Å². The number of carbonyl (C=O) groups is 1. The summed E-state index contributed by atoms with van der Waals surface area (Å²) in [5.74, 6) is 1.35. The number of rotatable bonds is 3. The van der Waals surface area contributed by atoms with E-state index in [-0.39, 0.29) is 5.75 Å². The van der Waals surface area contributed by atoms with E-state index >= 15 is 0 Å². The minimum Gasteiger partial charge on any atom is -0.507 e. The van der Waals surface area contributed by atoms with E-state index in [1.807, 2.05) is 30.3 Å². The van der Waals surface area contributed by atoms with E-state index < -0.39 is 0 Å². The monoisotopic (exact) mass is 264 g/mol. The van der Waals surface area contributed by atoms with Crippen LogP contribution in [0.1, 0.15) is 10.4 Å². The second-order valence-corrected chi connectivity index (χ2v) is 4.45. The first-order valence-corrected chi connectivity index (χ1v) is 6.21. The third-order valence-corrected chi connectivity index (χ3v) is 3.07. The Bertz CT molecular complexity index is 761. The average Bonchev–Trinajstić information content (AvgIpc) is 2.48. The smallest absolute Gasteiger partial charge is 0.150 e. The first-order chi connectivity index (χ1) is 9.76. The summed E-state index contributed by atoms with van der Waals surface area (Å²) in [6.45, 7) is 0. The number of hydrogen-bond acceptors (Lipinski definition) is 3. The molecule has 1 N–H and O–H groups in total. The minimum absolute atomic E-state index is 0.183. The van der Waals surface area contributed by atoms with Crippen LogP contribution in [-0.4, -0.2) is 11.4 Å². The summed E-state index contributed by atoms with van der Waals surface area (Å²) in [5.41, 5.74) is 0.596. The van der Waals surface area contributed by atoms with Gasteiger partial charge in [-0.25, -0.2) is 0 Å². The Morgan fingerprint density at radius 2 is 1.65 bits per heavy atom. The highest BCUT2D eigenvalue weighted by Gasteiger charge is 2.04. The van der Waals surface area contributed by atoms with Gasteiger partial charge in [-0.15, -0.1) is 0 Å². The number of benzene rings is 3. The summed E-state index contributed by atoms with van der Waals surface area (Å²) in [6.07, 6.45) is 0.783. The van der Waals surface area contributed by atoms with Gasteiger partial charge < -0.3 is 9.84 Å². The fraction of sp³-hybridized carbons (Fsp3) is 0. The molecule has 0 heterocycles. The minimum atomic E-state index is 0.183. The normalized spacial score (nSPS) is 10.4. The summed E-state index contributed by atoms with van der Waals surface area (Å²) in [7, 11) is 0. The number of carbonyl (C=O) groups excluding carboxylic acids is 1. The van der Waals surface area contributed by atoms with Crippen molar-refractivity contribution >= 4 is 17.1 Å². The Kier molecular flexibility index (Phi) is 3.09. The van der Waals surface area contributed by atoms with Gasteiger partial charge in [0, 0.05) is 17.0 Å². The predicted molar refractivity (Wildman–Crippen MR) is 77.5 cm³/mol. The van der Waals surface area contributed by atoms with Crippen molar-refractivity contribution in [2.75, 3.05) is 0 Å². The first-order valence-electron chi connectivity index (χ1n) is 6.21. The van der Waals surface area contributed by atoms with E-state index in [0.29, 0.717) is 17.1 Å². The molecule has 3 nitrogen and oxygen atoms in total. The number of hydrogen-bond donors (Lipinski definition) is 1. The van der Waals surface area contributed by atoms with Crippen LogP contribution >= 0.6 is 0 Å². The topological polar surface area (TPSA) is 46.5 Å². The Labute approximate surface area is 116 Å². The molecule has 0 spiro atoms. The highest BCUT2D eigenvalue weighted by atomic mass is 16.5. The molecule has 0 aliphatic carbocycles. The third kappa shape index (κ3) is 2.34. The second-order valence-electron chi connectivity index (χ2n) is 4.45. The van der Waals surface area contributed by atoms with Crippen molar-refractivity contribution in [1.29, 1.82) is 0 Å². The zero-order valence-electron chi connectivity index (χ0n) is 10.6. The zero-order valence-corrected chi connectivity index (χ0v) is 10.6. The number of fused-ring (bicyclic) bond motifs is 1. The highest BCUT2D eigenvalue weighted by molar-refractivity contribution is 5.89. The van der Waals surface area contributed by atoms with Crippen LogP contribution in [0.15, 0.2) is 60.7 Å². The standard InChI is InChI=1S/C17H12O3/c18-11-12-5-7-14(8-6-12)20-15-9-13-3-1-2-4-16(13)17(19)10-15/h1-11,19H. The molecule has 3 rings (SSSR count). The molecule has 0 aromatic heterocycles. The van der Waals surface area contributed by atoms with Gasteiger partial charge in [-0.2, -0.15) is 0 Å². The summed E-state index contributed by atoms with van der Waals surface area (Å²) in [5, 5.41) is 11.7. The molecule has 0 bridgehead atoms. The van der Waals surface area contributed by atoms with Crippen molar-refractivity contribution in [3.63, 3.8) is 0 Å². The zero-order chi connectivity index (χ0) is 13.9. The fourth-order valence-electron chi connectivity index (χ4n) is 2.07. The van der Waals surface area contributed by atoms with E-state index in [9.17, 15) is 9.90 Å². The molecule has 3 aromatic carbocycles. The van der Waals surface area contributed by atoms with E-state index in [4.69, 9.17) is 4.74 Å². The molecule has 3 heteroatoms. The van der Waals surface area contributed by atoms with Gasteiger partial charge in [-0.1, -0.05) is 24.3 Å². The van der Waals surface area contributed by atoms with Crippen molar-refractivity contribution < 1.29 is 14.6 Å². The van der Waals surface area contributed by atoms with Crippen molar-refractivity contribution in [2.45, 2.75) is 0 Å². The van der Waals surface area contributed by atoms with Gasteiger partial charge in [-0.05, 0) is 35.7 Å². The maximum Gasteiger partial charge on any atom is 0.150 e. The number of aldehydes is 1. The lowest BCUT2D eigenvalue weighted by molar-refractivity contribution is 0.112. The van der Waals surface area contributed by atoms with Crippen LogP contribution in [0, 0.1) is 0 Å². The summed E-state index contributed by atoms with van der Waals surface area (Å²) in [6, 6.07) is 17.8. The number of ether oxygens (including phenoxy) is 1. The molecule has 0 radical (unpaired) electrons. The molecule has 20 heavy (non-hydrogen) atoms. The largest absolute Gasteiger partial charge is 0.507 e. The first kappa shape index (κ1) is 12.2. The van der Waals surface area contributed by atoms with Gasteiger partial charge >= 0.3 is 0 Å². The molecule has 0 unspecified atom stereocenters. The average molecular weight is 264 g/mol. The van der Waals surface area contributed by atoms with Gasteiger partial charge in [0.05, 0.1) is 0 Å². The molecular formula is C17H12O3. The Balaban J connectivity index is 1.95. The molecular weight excluding hydrogens is 252 g/mol. The molecule has 0 saturated carbocycles. The van der Waals surface area contributed by atoms with Gasteiger partial charge in [0.25, 0.3) is 0 Å². The van der Waals surface area contributed by atoms with Crippen LogP contribution in [0.2, 0.25) is 0 Å².